The number of carbonyl (C=O) groups is 1. The van der Waals surface area contributed by atoms with Crippen molar-refractivity contribution in [2.24, 2.45) is 23.7 Å². The van der Waals surface area contributed by atoms with Crippen LogP contribution in [0.3, 0.4) is 0 Å². The Hall–Kier alpha value is -0.300. The fourth-order valence-electron chi connectivity index (χ4n) is 3.64. The standard InChI is InChI=1S/C15H23ClO/c1-9(2)11-5-6-15(4,16)13-8-14(17)10(3)7-12(11)13/h7,9,11-13H,5-6,8H2,1-4H3/t11-,12-,13-,15?/m0/s1. The minimum absolute atomic E-state index is 0.192. The minimum Gasteiger partial charge on any atom is -0.295 e. The quantitative estimate of drug-likeness (QED) is 0.641. The van der Waals surface area contributed by atoms with Crippen molar-refractivity contribution in [3.05, 3.63) is 11.6 Å². The molecule has 96 valence electrons. The zero-order chi connectivity index (χ0) is 12.8. The number of Topliss-reactive ketones (excluding diaryl/α,β-unsaturated/α-hetero) is 1. The molecular formula is C15H23ClO. The number of ketones is 1. The lowest BCUT2D eigenvalue weighted by molar-refractivity contribution is -0.118. The van der Waals surface area contributed by atoms with Gasteiger partial charge in [-0.1, -0.05) is 19.9 Å². The minimum atomic E-state index is -0.192. The van der Waals surface area contributed by atoms with E-state index in [0.717, 1.165) is 12.0 Å². The maximum Gasteiger partial charge on any atom is 0.158 e. The zero-order valence-corrected chi connectivity index (χ0v) is 12.1. The lowest BCUT2D eigenvalue weighted by Gasteiger charge is -2.48. The van der Waals surface area contributed by atoms with Gasteiger partial charge in [-0.2, -0.15) is 0 Å². The molecule has 0 radical (unpaired) electrons. The van der Waals surface area contributed by atoms with Crippen LogP contribution in [0, 0.1) is 23.7 Å². The van der Waals surface area contributed by atoms with Gasteiger partial charge in [-0.15, -0.1) is 11.6 Å². The van der Waals surface area contributed by atoms with E-state index in [-0.39, 0.29) is 4.87 Å². The molecule has 2 aliphatic carbocycles. The van der Waals surface area contributed by atoms with Gasteiger partial charge in [0.25, 0.3) is 0 Å². The van der Waals surface area contributed by atoms with Crippen molar-refractivity contribution in [1.82, 2.24) is 0 Å². The van der Waals surface area contributed by atoms with E-state index in [1.165, 1.54) is 6.42 Å². The van der Waals surface area contributed by atoms with Crippen LogP contribution in [-0.4, -0.2) is 10.7 Å². The largest absolute Gasteiger partial charge is 0.295 e. The molecule has 2 aliphatic rings. The zero-order valence-electron chi connectivity index (χ0n) is 11.3. The predicted octanol–water partition coefficient (Wildman–Crippen LogP) is 4.20. The number of rotatable bonds is 1. The van der Waals surface area contributed by atoms with Gasteiger partial charge in [0.15, 0.2) is 5.78 Å². The first-order valence-electron chi connectivity index (χ1n) is 6.73. The second-order valence-corrected chi connectivity index (χ2v) is 7.25. The highest BCUT2D eigenvalue weighted by atomic mass is 35.5. The smallest absolute Gasteiger partial charge is 0.158 e. The van der Waals surface area contributed by atoms with Gasteiger partial charge in [0, 0.05) is 11.3 Å². The topological polar surface area (TPSA) is 17.1 Å². The van der Waals surface area contributed by atoms with E-state index in [0.29, 0.717) is 35.9 Å². The Morgan fingerprint density at radius 2 is 2.12 bits per heavy atom. The van der Waals surface area contributed by atoms with Crippen LogP contribution in [0.1, 0.15) is 47.0 Å². The molecule has 1 unspecified atom stereocenters. The van der Waals surface area contributed by atoms with Gasteiger partial charge in [0.2, 0.25) is 0 Å². The van der Waals surface area contributed by atoms with E-state index < -0.39 is 0 Å². The van der Waals surface area contributed by atoms with E-state index in [9.17, 15) is 4.79 Å². The average molecular weight is 255 g/mol. The molecule has 0 heterocycles. The summed E-state index contributed by atoms with van der Waals surface area (Å²) in [7, 11) is 0. The third-order valence-corrected chi connectivity index (χ3v) is 5.31. The monoisotopic (exact) mass is 254 g/mol. The number of fused-ring (bicyclic) bond motifs is 1. The van der Waals surface area contributed by atoms with E-state index in [1.807, 2.05) is 6.92 Å². The summed E-state index contributed by atoms with van der Waals surface area (Å²) in [5.41, 5.74) is 0.950. The van der Waals surface area contributed by atoms with Crippen LogP contribution in [0.4, 0.5) is 0 Å². The van der Waals surface area contributed by atoms with Crippen molar-refractivity contribution < 1.29 is 4.79 Å². The Kier molecular flexibility index (Phi) is 3.42. The van der Waals surface area contributed by atoms with Crippen LogP contribution >= 0.6 is 11.6 Å². The molecule has 2 heteroatoms. The fraction of sp³-hybridized carbons (Fsp3) is 0.800. The van der Waals surface area contributed by atoms with Gasteiger partial charge in [-0.05, 0) is 55.9 Å². The number of hydrogen-bond acceptors (Lipinski definition) is 1. The number of allylic oxidation sites excluding steroid dienone is 2. The summed E-state index contributed by atoms with van der Waals surface area (Å²) >= 11 is 6.65. The number of carbonyl (C=O) groups excluding carboxylic acids is 1. The maximum absolute atomic E-state index is 11.9. The molecule has 0 spiro atoms. The molecular weight excluding hydrogens is 232 g/mol. The Labute approximate surface area is 110 Å². The van der Waals surface area contributed by atoms with E-state index in [4.69, 9.17) is 11.6 Å². The predicted molar refractivity (Wildman–Crippen MR) is 72.2 cm³/mol. The van der Waals surface area contributed by atoms with Crippen molar-refractivity contribution >= 4 is 17.4 Å². The van der Waals surface area contributed by atoms with Crippen LogP contribution in [-0.2, 0) is 4.79 Å². The molecule has 0 aromatic rings. The highest BCUT2D eigenvalue weighted by molar-refractivity contribution is 6.24. The van der Waals surface area contributed by atoms with Crippen LogP contribution in [0.2, 0.25) is 0 Å². The second kappa shape index (κ2) is 4.42. The molecule has 17 heavy (non-hydrogen) atoms. The van der Waals surface area contributed by atoms with E-state index in [2.05, 4.69) is 26.8 Å². The van der Waals surface area contributed by atoms with Crippen molar-refractivity contribution in [1.29, 1.82) is 0 Å². The lowest BCUT2D eigenvalue weighted by atomic mass is 9.60. The molecule has 0 amide bonds. The third kappa shape index (κ3) is 2.31. The first kappa shape index (κ1) is 13.1. The van der Waals surface area contributed by atoms with Gasteiger partial charge in [0.05, 0.1) is 0 Å². The normalized spacial score (nSPS) is 42.4. The Balaban J connectivity index is 2.35. The molecule has 1 nitrogen and oxygen atoms in total. The highest BCUT2D eigenvalue weighted by Crippen LogP contribution is 2.51. The SMILES string of the molecule is CC1=C[C@H]2[C@H](C(C)C)CCC(C)(Cl)[C@H]2CC1=O. The average Bonchev–Trinajstić information content (AvgIpc) is 2.20. The summed E-state index contributed by atoms with van der Waals surface area (Å²) in [6, 6.07) is 0. The van der Waals surface area contributed by atoms with Gasteiger partial charge in [-0.3, -0.25) is 4.79 Å². The Morgan fingerprint density at radius 3 is 2.71 bits per heavy atom. The lowest BCUT2D eigenvalue weighted by Crippen LogP contribution is -2.46. The summed E-state index contributed by atoms with van der Waals surface area (Å²) in [4.78, 5) is 11.7. The summed E-state index contributed by atoms with van der Waals surface area (Å²) in [6.07, 6.45) is 5.09. The van der Waals surface area contributed by atoms with Gasteiger partial charge in [-0.25, -0.2) is 0 Å². The van der Waals surface area contributed by atoms with Crippen molar-refractivity contribution in [3.63, 3.8) is 0 Å². The van der Waals surface area contributed by atoms with Crippen LogP contribution in [0.15, 0.2) is 11.6 Å². The molecule has 1 saturated carbocycles. The first-order valence-corrected chi connectivity index (χ1v) is 7.11. The van der Waals surface area contributed by atoms with E-state index >= 15 is 0 Å². The number of alkyl halides is 1. The molecule has 0 aromatic carbocycles. The molecule has 4 atom stereocenters. The van der Waals surface area contributed by atoms with Crippen LogP contribution < -0.4 is 0 Å². The Bertz CT molecular complexity index is 354. The van der Waals surface area contributed by atoms with Crippen molar-refractivity contribution in [2.45, 2.75) is 51.8 Å². The maximum atomic E-state index is 11.9. The van der Waals surface area contributed by atoms with E-state index in [1.54, 1.807) is 0 Å². The third-order valence-electron chi connectivity index (χ3n) is 4.84. The molecule has 2 rings (SSSR count). The molecule has 0 saturated heterocycles. The number of halogens is 1. The second-order valence-electron chi connectivity index (χ2n) is 6.39. The van der Waals surface area contributed by atoms with Crippen molar-refractivity contribution in [3.8, 4) is 0 Å². The van der Waals surface area contributed by atoms with Gasteiger partial charge >= 0.3 is 0 Å². The molecule has 0 aliphatic heterocycles. The summed E-state index contributed by atoms with van der Waals surface area (Å²) in [5.74, 6) is 2.50. The molecule has 1 fully saturated rings. The fourth-order valence-corrected chi connectivity index (χ4v) is 3.97. The first-order chi connectivity index (χ1) is 7.83. The molecule has 0 bridgehead atoms. The van der Waals surface area contributed by atoms with Crippen LogP contribution in [0.5, 0.6) is 0 Å². The highest BCUT2D eigenvalue weighted by Gasteiger charge is 2.47. The molecule has 0 aromatic heterocycles. The summed E-state index contributed by atoms with van der Waals surface area (Å²) in [6.45, 7) is 8.65. The van der Waals surface area contributed by atoms with Crippen molar-refractivity contribution in [2.75, 3.05) is 0 Å². The van der Waals surface area contributed by atoms with Gasteiger partial charge < -0.3 is 0 Å². The van der Waals surface area contributed by atoms with Crippen LogP contribution in [0.25, 0.3) is 0 Å². The summed E-state index contributed by atoms with van der Waals surface area (Å²) in [5, 5.41) is 0. The summed E-state index contributed by atoms with van der Waals surface area (Å²) < 4.78 is 0. The number of hydrogen-bond donors (Lipinski definition) is 0. The molecule has 0 N–H and O–H groups in total. The van der Waals surface area contributed by atoms with Gasteiger partial charge in [0.1, 0.15) is 0 Å². The Morgan fingerprint density at radius 1 is 1.47 bits per heavy atom.